The number of ether oxygens (including phenoxy) is 1. The molecular formula is C11H18O2. The van der Waals surface area contributed by atoms with Crippen molar-refractivity contribution in [2.75, 3.05) is 6.61 Å². The molecule has 2 heteroatoms. The first-order valence-electron chi connectivity index (χ1n) is 5.07. The zero-order chi connectivity index (χ0) is 9.84. The van der Waals surface area contributed by atoms with Crippen molar-refractivity contribution in [2.24, 2.45) is 5.92 Å². The fourth-order valence-electron chi connectivity index (χ4n) is 1.66. The molecule has 2 nitrogen and oxygen atoms in total. The van der Waals surface area contributed by atoms with E-state index in [1.807, 2.05) is 13.8 Å². The third kappa shape index (κ3) is 2.58. The van der Waals surface area contributed by atoms with Crippen LogP contribution < -0.4 is 0 Å². The summed E-state index contributed by atoms with van der Waals surface area (Å²) in [7, 11) is 0. The molecule has 0 aliphatic heterocycles. The average molecular weight is 182 g/mol. The van der Waals surface area contributed by atoms with Crippen LogP contribution >= 0.6 is 0 Å². The van der Waals surface area contributed by atoms with Gasteiger partial charge in [0, 0.05) is 5.57 Å². The maximum Gasteiger partial charge on any atom is 0.333 e. The second-order valence-electron chi connectivity index (χ2n) is 3.50. The van der Waals surface area contributed by atoms with Crippen molar-refractivity contribution in [2.45, 2.75) is 40.0 Å². The lowest BCUT2D eigenvalue weighted by Gasteiger charge is -2.08. The number of rotatable bonds is 4. The molecule has 0 radical (unpaired) electrons. The van der Waals surface area contributed by atoms with E-state index >= 15 is 0 Å². The van der Waals surface area contributed by atoms with E-state index in [0.29, 0.717) is 12.5 Å². The molecule has 0 unspecified atom stereocenters. The van der Waals surface area contributed by atoms with Crippen LogP contribution in [0.1, 0.15) is 40.0 Å². The maximum atomic E-state index is 11.4. The summed E-state index contributed by atoms with van der Waals surface area (Å²) < 4.78 is 4.97. The van der Waals surface area contributed by atoms with Crippen LogP contribution in [-0.4, -0.2) is 12.6 Å². The third-order valence-electron chi connectivity index (χ3n) is 2.51. The minimum atomic E-state index is -0.133. The Labute approximate surface area is 80.0 Å². The van der Waals surface area contributed by atoms with Crippen molar-refractivity contribution in [3.8, 4) is 0 Å². The van der Waals surface area contributed by atoms with Gasteiger partial charge in [-0.25, -0.2) is 4.79 Å². The Kier molecular flexibility index (Phi) is 3.52. The van der Waals surface area contributed by atoms with Crippen LogP contribution in [0.3, 0.4) is 0 Å². The summed E-state index contributed by atoms with van der Waals surface area (Å²) in [4.78, 5) is 11.4. The summed E-state index contributed by atoms with van der Waals surface area (Å²) in [6.07, 6.45) is 3.48. The zero-order valence-electron chi connectivity index (χ0n) is 8.72. The summed E-state index contributed by atoms with van der Waals surface area (Å²) in [5.41, 5.74) is 2.14. The van der Waals surface area contributed by atoms with Gasteiger partial charge in [0.15, 0.2) is 0 Å². The van der Waals surface area contributed by atoms with Crippen molar-refractivity contribution in [3.63, 3.8) is 0 Å². The molecule has 1 aliphatic carbocycles. The second kappa shape index (κ2) is 4.45. The fraction of sp³-hybridized carbons (Fsp3) is 0.727. The van der Waals surface area contributed by atoms with E-state index in [1.165, 1.54) is 18.4 Å². The van der Waals surface area contributed by atoms with E-state index in [0.717, 1.165) is 12.0 Å². The number of carbonyl (C=O) groups is 1. The van der Waals surface area contributed by atoms with Crippen LogP contribution in [0.4, 0.5) is 0 Å². The molecule has 0 saturated heterocycles. The minimum absolute atomic E-state index is 0.133. The Balaban J connectivity index is 2.68. The van der Waals surface area contributed by atoms with Gasteiger partial charge < -0.3 is 4.74 Å². The summed E-state index contributed by atoms with van der Waals surface area (Å²) >= 11 is 0. The van der Waals surface area contributed by atoms with Gasteiger partial charge >= 0.3 is 5.97 Å². The minimum Gasteiger partial charge on any atom is -0.463 e. The van der Waals surface area contributed by atoms with Gasteiger partial charge in [-0.15, -0.1) is 0 Å². The molecule has 1 saturated carbocycles. The summed E-state index contributed by atoms with van der Waals surface area (Å²) in [6, 6.07) is 0. The molecule has 1 aliphatic rings. The lowest BCUT2D eigenvalue weighted by atomic mass is 10.0. The van der Waals surface area contributed by atoms with Crippen molar-refractivity contribution < 1.29 is 9.53 Å². The predicted octanol–water partition coefficient (Wildman–Crippen LogP) is 2.69. The van der Waals surface area contributed by atoms with Gasteiger partial charge in [-0.3, -0.25) is 0 Å². The van der Waals surface area contributed by atoms with Crippen LogP contribution in [0.25, 0.3) is 0 Å². The number of hydrogen-bond donors (Lipinski definition) is 0. The zero-order valence-corrected chi connectivity index (χ0v) is 8.72. The molecule has 13 heavy (non-hydrogen) atoms. The quantitative estimate of drug-likeness (QED) is 0.493. The molecule has 1 rings (SSSR count). The Morgan fingerprint density at radius 1 is 1.38 bits per heavy atom. The van der Waals surface area contributed by atoms with E-state index in [9.17, 15) is 4.79 Å². The van der Waals surface area contributed by atoms with E-state index in [-0.39, 0.29) is 5.97 Å². The van der Waals surface area contributed by atoms with E-state index in [1.54, 1.807) is 0 Å². The monoisotopic (exact) mass is 182 g/mol. The Morgan fingerprint density at radius 3 is 2.38 bits per heavy atom. The number of esters is 1. The molecule has 0 spiro atoms. The number of allylic oxidation sites excluding steroid dienone is 1. The van der Waals surface area contributed by atoms with E-state index < -0.39 is 0 Å². The summed E-state index contributed by atoms with van der Waals surface area (Å²) in [5.74, 6) is 0.542. The maximum absolute atomic E-state index is 11.4. The Morgan fingerprint density at radius 2 is 2.00 bits per heavy atom. The fourth-order valence-corrected chi connectivity index (χ4v) is 1.66. The lowest BCUT2D eigenvalue weighted by Crippen LogP contribution is -2.08. The van der Waals surface area contributed by atoms with Crippen LogP contribution in [0.5, 0.6) is 0 Å². The highest BCUT2D eigenvalue weighted by molar-refractivity contribution is 5.88. The van der Waals surface area contributed by atoms with Crippen LogP contribution in [0.2, 0.25) is 0 Å². The van der Waals surface area contributed by atoms with Crippen LogP contribution in [0, 0.1) is 5.92 Å². The molecule has 0 atom stereocenters. The van der Waals surface area contributed by atoms with Crippen molar-refractivity contribution in [1.29, 1.82) is 0 Å². The van der Waals surface area contributed by atoms with Gasteiger partial charge in [0.2, 0.25) is 0 Å². The van der Waals surface area contributed by atoms with Gasteiger partial charge in [0.05, 0.1) is 6.61 Å². The molecule has 1 fully saturated rings. The van der Waals surface area contributed by atoms with Gasteiger partial charge in [0.25, 0.3) is 0 Å². The molecule has 0 heterocycles. The molecule has 0 aromatic carbocycles. The van der Waals surface area contributed by atoms with Crippen molar-refractivity contribution in [1.82, 2.24) is 0 Å². The smallest absolute Gasteiger partial charge is 0.333 e. The van der Waals surface area contributed by atoms with Crippen LogP contribution in [-0.2, 0) is 9.53 Å². The second-order valence-corrected chi connectivity index (χ2v) is 3.50. The average Bonchev–Trinajstić information content (AvgIpc) is 2.90. The summed E-state index contributed by atoms with van der Waals surface area (Å²) in [6.45, 7) is 6.30. The van der Waals surface area contributed by atoms with Gasteiger partial charge in [-0.05, 0) is 39.0 Å². The highest BCUT2D eigenvalue weighted by Gasteiger charge is 2.27. The van der Waals surface area contributed by atoms with E-state index in [2.05, 4.69) is 6.92 Å². The molecular weight excluding hydrogens is 164 g/mol. The highest BCUT2D eigenvalue weighted by Crippen LogP contribution is 2.39. The SMILES string of the molecule is CCOC(=O)C(C)=C(CC)C1CC1. The lowest BCUT2D eigenvalue weighted by molar-refractivity contribution is -0.138. The first-order chi connectivity index (χ1) is 6.20. The first kappa shape index (κ1) is 10.3. The highest BCUT2D eigenvalue weighted by atomic mass is 16.5. The van der Waals surface area contributed by atoms with Gasteiger partial charge in [0.1, 0.15) is 0 Å². The Bertz CT molecular complexity index is 224. The van der Waals surface area contributed by atoms with Crippen LogP contribution in [0.15, 0.2) is 11.1 Å². The third-order valence-corrected chi connectivity index (χ3v) is 2.51. The first-order valence-corrected chi connectivity index (χ1v) is 5.07. The summed E-state index contributed by atoms with van der Waals surface area (Å²) in [5, 5.41) is 0. The van der Waals surface area contributed by atoms with Crippen molar-refractivity contribution >= 4 is 5.97 Å². The molecule has 0 aromatic heterocycles. The largest absolute Gasteiger partial charge is 0.463 e. The molecule has 0 aromatic rings. The van der Waals surface area contributed by atoms with Gasteiger partial charge in [-0.1, -0.05) is 12.5 Å². The predicted molar refractivity (Wildman–Crippen MR) is 52.3 cm³/mol. The number of carbonyl (C=O) groups excluding carboxylic acids is 1. The molecule has 0 amide bonds. The topological polar surface area (TPSA) is 26.3 Å². The van der Waals surface area contributed by atoms with E-state index in [4.69, 9.17) is 4.74 Å². The van der Waals surface area contributed by atoms with Crippen molar-refractivity contribution in [3.05, 3.63) is 11.1 Å². The molecule has 74 valence electrons. The number of hydrogen-bond acceptors (Lipinski definition) is 2. The molecule has 0 bridgehead atoms. The standard InChI is InChI=1S/C11H18O2/c1-4-10(9-6-7-9)8(3)11(12)13-5-2/h9H,4-7H2,1-3H3. The van der Waals surface area contributed by atoms with Gasteiger partial charge in [-0.2, -0.15) is 0 Å². The Hall–Kier alpha value is -0.790. The molecule has 0 N–H and O–H groups in total. The normalized spacial score (nSPS) is 18.1.